The van der Waals surface area contributed by atoms with Crippen molar-refractivity contribution in [3.05, 3.63) is 122 Å². The maximum atomic E-state index is 12.9. The minimum Gasteiger partial charge on any atom is -0.462 e. The Morgan fingerprint density at radius 1 is 0.276 bits per heavy atom. The van der Waals surface area contributed by atoms with Crippen LogP contribution in [-0.4, -0.2) is 37.2 Å². The molecule has 0 N–H and O–H groups in total. The van der Waals surface area contributed by atoms with E-state index in [9.17, 15) is 14.4 Å². The zero-order valence-electron chi connectivity index (χ0n) is 49.5. The van der Waals surface area contributed by atoms with Gasteiger partial charge in [-0.25, -0.2) is 0 Å². The highest BCUT2D eigenvalue weighted by molar-refractivity contribution is 5.71. The smallest absolute Gasteiger partial charge is 0.306 e. The summed E-state index contributed by atoms with van der Waals surface area (Å²) in [5.74, 6) is -0.969. The lowest BCUT2D eigenvalue weighted by Gasteiger charge is -2.18. The Kier molecular flexibility index (Phi) is 59.9. The summed E-state index contributed by atoms with van der Waals surface area (Å²) in [7, 11) is 0. The molecule has 0 spiro atoms. The highest BCUT2D eigenvalue weighted by Crippen LogP contribution is 2.16. The standard InChI is InChI=1S/C70H116O6/c1-4-7-10-13-16-19-22-25-28-30-31-32-33-34-35-36-37-38-39-41-42-45-48-51-54-57-60-63-69(72)75-66-67(65-74-68(71)62-59-56-53-50-47-44-27-24-21-18-15-12-9-6-3)76-70(73)64-61-58-55-52-49-46-43-40-29-26-23-20-17-14-11-8-5-2/h7-8,10-11,16-17,19-20,24-29,31-32,43,46,52,55,67H,4-6,9,12-15,18,21-23,30,33-42,44-45,47-51,53-54,56-66H2,1-3H3/b10-7-,11-8-,19-16-,20-17-,27-24-,28-25-,29-26-,32-31-,46-43-,55-52-. The van der Waals surface area contributed by atoms with Gasteiger partial charge in [0.05, 0.1) is 0 Å². The van der Waals surface area contributed by atoms with Gasteiger partial charge < -0.3 is 14.2 Å². The Bertz CT molecular complexity index is 1590. The lowest BCUT2D eigenvalue weighted by molar-refractivity contribution is -0.167. The van der Waals surface area contributed by atoms with E-state index in [1.54, 1.807) is 0 Å². The summed E-state index contributed by atoms with van der Waals surface area (Å²) in [4.78, 5) is 38.3. The lowest BCUT2D eigenvalue weighted by atomic mass is 10.0. The van der Waals surface area contributed by atoms with Gasteiger partial charge >= 0.3 is 17.9 Å². The first-order chi connectivity index (χ1) is 37.5. The molecule has 0 fully saturated rings. The van der Waals surface area contributed by atoms with Crippen molar-refractivity contribution in [3.63, 3.8) is 0 Å². The van der Waals surface area contributed by atoms with E-state index in [2.05, 4.69) is 142 Å². The first kappa shape index (κ1) is 71.8. The van der Waals surface area contributed by atoms with Gasteiger partial charge in [0.2, 0.25) is 0 Å². The molecule has 0 amide bonds. The molecule has 0 heterocycles. The van der Waals surface area contributed by atoms with Crippen molar-refractivity contribution in [1.82, 2.24) is 0 Å². The second kappa shape index (κ2) is 63.3. The molecule has 0 radical (unpaired) electrons. The van der Waals surface area contributed by atoms with Crippen molar-refractivity contribution in [1.29, 1.82) is 0 Å². The average molecular weight is 1050 g/mol. The van der Waals surface area contributed by atoms with Crippen molar-refractivity contribution in [2.75, 3.05) is 13.2 Å². The number of allylic oxidation sites excluding steroid dienone is 20. The highest BCUT2D eigenvalue weighted by atomic mass is 16.6. The number of ether oxygens (including phenoxy) is 3. The van der Waals surface area contributed by atoms with E-state index in [0.717, 1.165) is 116 Å². The van der Waals surface area contributed by atoms with E-state index in [-0.39, 0.29) is 37.5 Å². The molecule has 0 saturated carbocycles. The van der Waals surface area contributed by atoms with Gasteiger partial charge in [0.25, 0.3) is 0 Å². The number of hydrogen-bond donors (Lipinski definition) is 0. The minimum atomic E-state index is -0.814. The van der Waals surface area contributed by atoms with Crippen LogP contribution < -0.4 is 0 Å². The monoisotopic (exact) mass is 1050 g/mol. The maximum absolute atomic E-state index is 12.9. The first-order valence-electron chi connectivity index (χ1n) is 31.5. The Balaban J connectivity index is 4.36. The summed E-state index contributed by atoms with van der Waals surface area (Å²) in [6.07, 6.45) is 87.8. The van der Waals surface area contributed by atoms with Gasteiger partial charge in [0.15, 0.2) is 6.10 Å². The second-order valence-corrected chi connectivity index (χ2v) is 20.5. The molecule has 1 atom stereocenters. The predicted octanol–water partition coefficient (Wildman–Crippen LogP) is 21.6. The van der Waals surface area contributed by atoms with E-state index >= 15 is 0 Å². The Morgan fingerprint density at radius 2 is 0.526 bits per heavy atom. The van der Waals surface area contributed by atoms with Crippen LogP contribution >= 0.6 is 0 Å². The Morgan fingerprint density at radius 3 is 0.855 bits per heavy atom. The third-order valence-corrected chi connectivity index (χ3v) is 13.2. The van der Waals surface area contributed by atoms with E-state index < -0.39 is 6.10 Å². The molecule has 0 aromatic heterocycles. The van der Waals surface area contributed by atoms with Crippen LogP contribution in [0.15, 0.2) is 122 Å². The molecule has 0 aromatic rings. The molecule has 0 aliphatic rings. The molecule has 76 heavy (non-hydrogen) atoms. The van der Waals surface area contributed by atoms with Crippen molar-refractivity contribution in [2.24, 2.45) is 0 Å². The molecule has 0 aromatic carbocycles. The minimum absolute atomic E-state index is 0.105. The number of carbonyl (C=O) groups is 3. The fourth-order valence-corrected chi connectivity index (χ4v) is 8.52. The number of rotatable bonds is 56. The normalized spacial score (nSPS) is 12.9. The summed E-state index contributed by atoms with van der Waals surface area (Å²) >= 11 is 0. The molecule has 6 heteroatoms. The average Bonchev–Trinajstić information content (AvgIpc) is 3.42. The van der Waals surface area contributed by atoms with E-state index in [0.29, 0.717) is 19.3 Å². The van der Waals surface area contributed by atoms with Gasteiger partial charge in [-0.05, 0) is 122 Å². The molecule has 0 aliphatic heterocycles. The third-order valence-electron chi connectivity index (χ3n) is 13.2. The van der Waals surface area contributed by atoms with Crippen LogP contribution in [0.5, 0.6) is 0 Å². The van der Waals surface area contributed by atoms with Gasteiger partial charge in [0, 0.05) is 19.3 Å². The van der Waals surface area contributed by atoms with Gasteiger partial charge in [-0.3, -0.25) is 14.4 Å². The van der Waals surface area contributed by atoms with Crippen molar-refractivity contribution in [2.45, 2.75) is 290 Å². The fourth-order valence-electron chi connectivity index (χ4n) is 8.52. The number of esters is 3. The number of unbranched alkanes of at least 4 members (excludes halogenated alkanes) is 25. The highest BCUT2D eigenvalue weighted by Gasteiger charge is 2.19. The molecule has 0 saturated heterocycles. The van der Waals surface area contributed by atoms with Gasteiger partial charge in [-0.1, -0.05) is 264 Å². The summed E-state index contributed by atoms with van der Waals surface area (Å²) in [5, 5.41) is 0. The van der Waals surface area contributed by atoms with E-state index in [1.165, 1.54) is 122 Å². The van der Waals surface area contributed by atoms with Crippen molar-refractivity contribution >= 4 is 17.9 Å². The molecule has 0 rings (SSSR count). The second-order valence-electron chi connectivity index (χ2n) is 20.5. The van der Waals surface area contributed by atoms with Gasteiger partial charge in [0.1, 0.15) is 13.2 Å². The number of hydrogen-bond acceptors (Lipinski definition) is 6. The molecule has 1 unspecified atom stereocenters. The summed E-state index contributed by atoms with van der Waals surface area (Å²) in [6.45, 7) is 6.36. The number of carbonyl (C=O) groups excluding carboxylic acids is 3. The molecule has 432 valence electrons. The molecule has 0 aliphatic carbocycles. The van der Waals surface area contributed by atoms with Gasteiger partial charge in [-0.15, -0.1) is 0 Å². The van der Waals surface area contributed by atoms with Gasteiger partial charge in [-0.2, -0.15) is 0 Å². The topological polar surface area (TPSA) is 78.9 Å². The fraction of sp³-hybridized carbons (Fsp3) is 0.671. The zero-order valence-corrected chi connectivity index (χ0v) is 49.5. The van der Waals surface area contributed by atoms with Crippen LogP contribution in [0.1, 0.15) is 284 Å². The van der Waals surface area contributed by atoms with E-state index in [1.807, 2.05) is 0 Å². The van der Waals surface area contributed by atoms with Crippen LogP contribution in [0, 0.1) is 0 Å². The van der Waals surface area contributed by atoms with Crippen molar-refractivity contribution < 1.29 is 28.6 Å². The molecular weight excluding hydrogens is 937 g/mol. The third kappa shape index (κ3) is 60.7. The molecular formula is C70H116O6. The van der Waals surface area contributed by atoms with Crippen molar-refractivity contribution in [3.8, 4) is 0 Å². The molecule has 0 bridgehead atoms. The van der Waals surface area contributed by atoms with Crippen LogP contribution in [0.25, 0.3) is 0 Å². The first-order valence-corrected chi connectivity index (χ1v) is 31.5. The molecule has 6 nitrogen and oxygen atoms in total. The van der Waals surface area contributed by atoms with E-state index in [4.69, 9.17) is 14.2 Å². The summed E-state index contributed by atoms with van der Waals surface area (Å²) < 4.78 is 16.9. The van der Waals surface area contributed by atoms with Crippen LogP contribution in [-0.2, 0) is 28.6 Å². The van der Waals surface area contributed by atoms with Crippen LogP contribution in [0.2, 0.25) is 0 Å². The quantitative estimate of drug-likeness (QED) is 0.0261. The SMILES string of the molecule is CC/C=C\C/C=C\C/C=C\C/C=C\C/C=C\CCCC(=O)OC(COC(=O)CCCCCCC/C=C\CCCCCCC)COC(=O)CCCCCCCCCCCCCCCC/C=C\C/C=C\C/C=C\C/C=C\CC. The van der Waals surface area contributed by atoms with Crippen LogP contribution in [0.3, 0.4) is 0 Å². The maximum Gasteiger partial charge on any atom is 0.306 e. The predicted molar refractivity (Wildman–Crippen MR) is 330 cm³/mol. The lowest BCUT2D eigenvalue weighted by Crippen LogP contribution is -2.30. The Hall–Kier alpha value is -4.19. The largest absolute Gasteiger partial charge is 0.462 e. The zero-order chi connectivity index (χ0) is 55.0. The Labute approximate surface area is 469 Å². The summed E-state index contributed by atoms with van der Waals surface area (Å²) in [6, 6.07) is 0. The van der Waals surface area contributed by atoms with Crippen LogP contribution in [0.4, 0.5) is 0 Å². The summed E-state index contributed by atoms with van der Waals surface area (Å²) in [5.41, 5.74) is 0.